The van der Waals surface area contributed by atoms with E-state index in [0.717, 1.165) is 18.1 Å². The van der Waals surface area contributed by atoms with Gasteiger partial charge in [0.1, 0.15) is 6.67 Å². The number of halogens is 1. The highest BCUT2D eigenvalue weighted by atomic mass is 19.1. The van der Waals surface area contributed by atoms with Crippen LogP contribution in [0.25, 0.3) is 0 Å². The molecule has 1 aliphatic heterocycles. The van der Waals surface area contributed by atoms with E-state index in [0.29, 0.717) is 24.1 Å². The van der Waals surface area contributed by atoms with Crippen LogP contribution in [0.1, 0.15) is 27.7 Å². The molecule has 0 aromatic carbocycles. The molecule has 0 atom stereocenters. The third-order valence-electron chi connectivity index (χ3n) is 4.49. The molecule has 1 rings (SSSR count). The topological polar surface area (TPSA) is 35.9 Å². The molecule has 1 fully saturated rings. The van der Waals surface area contributed by atoms with Crippen molar-refractivity contribution in [2.75, 3.05) is 13.2 Å². The molecule has 1 saturated heterocycles. The number of nitrogens with one attached hydrogen (secondary N) is 2. The lowest BCUT2D eigenvalue weighted by Crippen LogP contribution is -2.24. The maximum atomic E-state index is 12.0. The van der Waals surface area contributed by atoms with Crippen molar-refractivity contribution in [3.63, 3.8) is 0 Å². The van der Waals surface area contributed by atoms with E-state index in [-0.39, 0.29) is 6.67 Å². The van der Waals surface area contributed by atoms with Crippen LogP contribution in [0.2, 0.25) is 12.6 Å². The molecule has 0 aromatic heterocycles. The Morgan fingerprint density at radius 1 is 1.29 bits per heavy atom. The highest BCUT2D eigenvalue weighted by molar-refractivity contribution is 6.72. The summed E-state index contributed by atoms with van der Waals surface area (Å²) in [5, 5.41) is 10.4. The summed E-state index contributed by atoms with van der Waals surface area (Å²) in [6, 6.07) is 0. The fourth-order valence-corrected chi connectivity index (χ4v) is 2.61. The monoisotopic (exact) mass is 238 g/mol. The van der Waals surface area contributed by atoms with E-state index in [1.165, 1.54) is 6.21 Å². The van der Waals surface area contributed by atoms with Gasteiger partial charge in [-0.25, -0.2) is 4.39 Å². The van der Waals surface area contributed by atoms with Crippen molar-refractivity contribution in [3.05, 3.63) is 11.7 Å². The molecule has 0 radical (unpaired) electrons. The maximum absolute atomic E-state index is 12.0. The summed E-state index contributed by atoms with van der Waals surface area (Å²) in [4.78, 5) is 0. The lowest BCUT2D eigenvalue weighted by atomic mass is 9.42. The van der Waals surface area contributed by atoms with Crippen LogP contribution in [0.15, 0.2) is 11.7 Å². The molecule has 2 N–H and O–H groups in total. The van der Waals surface area contributed by atoms with Crippen molar-refractivity contribution in [3.8, 4) is 0 Å². The SMILES string of the molecule is CC1(C)CB(/C(C=N)=C/NCCF)CC1(C)C. The van der Waals surface area contributed by atoms with Crippen LogP contribution < -0.4 is 5.32 Å². The molecule has 96 valence electrons. The van der Waals surface area contributed by atoms with E-state index in [1.54, 1.807) is 0 Å². The molecule has 0 aliphatic carbocycles. The number of hydrogen-bond donors (Lipinski definition) is 2. The normalized spacial score (nSPS) is 22.6. The van der Waals surface area contributed by atoms with Gasteiger partial charge in [0.2, 0.25) is 0 Å². The van der Waals surface area contributed by atoms with Crippen LogP contribution in [0.3, 0.4) is 0 Å². The van der Waals surface area contributed by atoms with E-state index < -0.39 is 0 Å². The Bertz CT molecular complexity index is 295. The van der Waals surface area contributed by atoms with Gasteiger partial charge in [-0.3, -0.25) is 0 Å². The van der Waals surface area contributed by atoms with E-state index >= 15 is 0 Å². The van der Waals surface area contributed by atoms with E-state index in [4.69, 9.17) is 5.41 Å². The number of allylic oxidation sites excluding steroid dienone is 1. The van der Waals surface area contributed by atoms with Crippen molar-refractivity contribution in [1.82, 2.24) is 5.32 Å². The van der Waals surface area contributed by atoms with Gasteiger partial charge in [0.05, 0.1) is 0 Å². The standard InChI is InChI=1S/C13H24BFN2/c1-12(2)9-14(10-13(12,3)4)11(7-16)8-17-6-5-15/h7-8,16-17H,5-6,9-10H2,1-4H3/b11-8+,16-7?. The van der Waals surface area contributed by atoms with E-state index in [1.807, 2.05) is 6.20 Å². The average molecular weight is 238 g/mol. The molecule has 0 aromatic rings. The van der Waals surface area contributed by atoms with E-state index in [2.05, 4.69) is 33.0 Å². The predicted octanol–water partition coefficient (Wildman–Crippen LogP) is 3.18. The minimum absolute atomic E-state index is 0.292. The summed E-state index contributed by atoms with van der Waals surface area (Å²) in [5.74, 6) is 0. The van der Waals surface area contributed by atoms with Crippen molar-refractivity contribution < 1.29 is 4.39 Å². The largest absolute Gasteiger partial charge is 0.389 e. The van der Waals surface area contributed by atoms with Gasteiger partial charge in [-0.15, -0.1) is 0 Å². The van der Waals surface area contributed by atoms with Crippen LogP contribution in [-0.4, -0.2) is 26.1 Å². The summed E-state index contributed by atoms with van der Waals surface area (Å²) >= 11 is 0. The zero-order valence-electron chi connectivity index (χ0n) is 11.4. The molecule has 0 saturated carbocycles. The van der Waals surface area contributed by atoms with Crippen LogP contribution in [0.4, 0.5) is 4.39 Å². The quantitative estimate of drug-likeness (QED) is 0.430. The summed E-state index contributed by atoms with van der Waals surface area (Å²) < 4.78 is 12.0. The van der Waals surface area contributed by atoms with Gasteiger partial charge < -0.3 is 10.7 Å². The molecule has 17 heavy (non-hydrogen) atoms. The Balaban J connectivity index is 2.74. The second-order valence-electron chi connectivity index (χ2n) is 6.30. The third kappa shape index (κ3) is 3.11. The smallest absolute Gasteiger partial charge is 0.180 e. The second-order valence-corrected chi connectivity index (χ2v) is 6.30. The molecule has 0 bridgehead atoms. The Morgan fingerprint density at radius 3 is 2.24 bits per heavy atom. The minimum atomic E-state index is -0.372. The van der Waals surface area contributed by atoms with Gasteiger partial charge in [0.15, 0.2) is 6.71 Å². The van der Waals surface area contributed by atoms with Gasteiger partial charge in [-0.2, -0.15) is 0 Å². The molecule has 0 spiro atoms. The second kappa shape index (κ2) is 5.24. The minimum Gasteiger partial charge on any atom is -0.389 e. The number of hydrogen-bond acceptors (Lipinski definition) is 2. The van der Waals surface area contributed by atoms with Crippen LogP contribution in [-0.2, 0) is 0 Å². The highest BCUT2D eigenvalue weighted by Crippen LogP contribution is 2.53. The predicted molar refractivity (Wildman–Crippen MR) is 73.8 cm³/mol. The zero-order chi connectivity index (χ0) is 13.1. The molecule has 1 aliphatic rings. The molecule has 1 heterocycles. The fraction of sp³-hybridized carbons (Fsp3) is 0.769. The average Bonchev–Trinajstić information content (AvgIpc) is 2.43. The van der Waals surface area contributed by atoms with Crippen molar-refractivity contribution in [2.45, 2.75) is 40.3 Å². The van der Waals surface area contributed by atoms with Crippen LogP contribution in [0.5, 0.6) is 0 Å². The molecule has 2 nitrogen and oxygen atoms in total. The fourth-order valence-electron chi connectivity index (χ4n) is 2.61. The summed E-state index contributed by atoms with van der Waals surface area (Å²) in [7, 11) is 0. The first-order valence-electron chi connectivity index (χ1n) is 6.34. The van der Waals surface area contributed by atoms with Gasteiger partial charge in [0.25, 0.3) is 0 Å². The molecule has 0 amide bonds. The summed E-state index contributed by atoms with van der Waals surface area (Å²) in [5.41, 5.74) is 1.58. The first-order valence-corrected chi connectivity index (χ1v) is 6.34. The van der Waals surface area contributed by atoms with Crippen LogP contribution >= 0.6 is 0 Å². The summed E-state index contributed by atoms with van der Waals surface area (Å²) in [6.07, 6.45) is 5.42. The first-order chi connectivity index (χ1) is 7.84. The van der Waals surface area contributed by atoms with Crippen molar-refractivity contribution in [2.24, 2.45) is 10.8 Å². The maximum Gasteiger partial charge on any atom is 0.180 e. The lowest BCUT2D eigenvalue weighted by Gasteiger charge is -2.35. The molecular formula is C13H24BFN2. The molecule has 0 unspecified atom stereocenters. The van der Waals surface area contributed by atoms with Crippen LogP contribution in [0, 0.1) is 16.2 Å². The summed E-state index contributed by atoms with van der Waals surface area (Å²) in [6.45, 7) is 9.56. The van der Waals surface area contributed by atoms with Crippen molar-refractivity contribution in [1.29, 1.82) is 5.41 Å². The Morgan fingerprint density at radius 2 is 1.82 bits per heavy atom. The van der Waals surface area contributed by atoms with Gasteiger partial charge in [0, 0.05) is 12.8 Å². The number of rotatable bonds is 5. The van der Waals surface area contributed by atoms with Gasteiger partial charge in [-0.1, -0.05) is 40.3 Å². The van der Waals surface area contributed by atoms with Crippen molar-refractivity contribution >= 4 is 12.9 Å². The zero-order valence-corrected chi connectivity index (χ0v) is 11.4. The van der Waals surface area contributed by atoms with Gasteiger partial charge >= 0.3 is 0 Å². The molecular weight excluding hydrogens is 214 g/mol. The third-order valence-corrected chi connectivity index (χ3v) is 4.49. The lowest BCUT2D eigenvalue weighted by molar-refractivity contribution is 0.177. The molecule has 4 heteroatoms. The van der Waals surface area contributed by atoms with E-state index in [9.17, 15) is 4.39 Å². The Kier molecular flexibility index (Phi) is 4.39. The van der Waals surface area contributed by atoms with Gasteiger partial charge in [-0.05, 0) is 22.5 Å². The Labute approximate surface area is 105 Å². The first kappa shape index (κ1) is 14.3. The highest BCUT2D eigenvalue weighted by Gasteiger charge is 2.48. The Hall–Kier alpha value is -0.795. The number of alkyl halides is 1.